The molecule has 1 heterocycles. The van der Waals surface area contributed by atoms with Crippen LogP contribution in [-0.4, -0.2) is 12.1 Å². The van der Waals surface area contributed by atoms with Crippen LogP contribution in [0, 0.1) is 11.3 Å². The maximum absolute atomic E-state index is 8.65. The van der Waals surface area contributed by atoms with E-state index >= 15 is 0 Å². The molecule has 0 amide bonds. The molecule has 0 aliphatic carbocycles. The first-order chi connectivity index (χ1) is 6.86. The van der Waals surface area contributed by atoms with Gasteiger partial charge < -0.3 is 9.72 Å². The maximum Gasteiger partial charge on any atom is 0.132 e. The highest BCUT2D eigenvalue weighted by atomic mass is 16.5. The van der Waals surface area contributed by atoms with Crippen LogP contribution in [0.2, 0.25) is 0 Å². The van der Waals surface area contributed by atoms with Gasteiger partial charge in [-0.3, -0.25) is 0 Å². The second-order valence-corrected chi connectivity index (χ2v) is 3.03. The van der Waals surface area contributed by atoms with Crippen LogP contribution in [0.4, 0.5) is 0 Å². The van der Waals surface area contributed by atoms with Gasteiger partial charge in [0.1, 0.15) is 5.75 Å². The number of methoxy groups -OCH3 is 1. The molecule has 0 unspecified atom stereocenters. The van der Waals surface area contributed by atoms with Gasteiger partial charge in [-0.15, -0.1) is 0 Å². The van der Waals surface area contributed by atoms with Gasteiger partial charge in [0.05, 0.1) is 19.6 Å². The molecule has 1 N–H and O–H groups in total. The van der Waals surface area contributed by atoms with Gasteiger partial charge in [0.25, 0.3) is 0 Å². The highest BCUT2D eigenvalue weighted by Crippen LogP contribution is 2.29. The summed E-state index contributed by atoms with van der Waals surface area (Å²) in [6.45, 7) is 0. The number of hydrogen-bond acceptors (Lipinski definition) is 2. The Kier molecular flexibility index (Phi) is 2.11. The Bertz CT molecular complexity index is 493. The molecule has 2 rings (SSSR count). The van der Waals surface area contributed by atoms with E-state index in [0.29, 0.717) is 6.42 Å². The summed E-state index contributed by atoms with van der Waals surface area (Å²) in [5.41, 5.74) is 1.96. The van der Waals surface area contributed by atoms with Crippen molar-refractivity contribution in [2.24, 2.45) is 0 Å². The summed E-state index contributed by atoms with van der Waals surface area (Å²) in [6.07, 6.45) is 2.24. The van der Waals surface area contributed by atoms with Crippen LogP contribution >= 0.6 is 0 Å². The lowest BCUT2D eigenvalue weighted by atomic mass is 10.1. The number of fused-ring (bicyclic) bond motifs is 1. The summed E-state index contributed by atoms with van der Waals surface area (Å²) in [7, 11) is 1.63. The van der Waals surface area contributed by atoms with Gasteiger partial charge in [-0.25, -0.2) is 0 Å². The molecule has 2 aromatic rings. The van der Waals surface area contributed by atoms with Gasteiger partial charge in [0.15, 0.2) is 0 Å². The van der Waals surface area contributed by atoms with Crippen molar-refractivity contribution in [2.75, 3.05) is 7.11 Å². The number of aromatic nitrogens is 1. The Morgan fingerprint density at radius 2 is 2.29 bits per heavy atom. The van der Waals surface area contributed by atoms with Gasteiger partial charge >= 0.3 is 0 Å². The second kappa shape index (κ2) is 3.43. The normalized spacial score (nSPS) is 10.0. The molecule has 1 aromatic heterocycles. The van der Waals surface area contributed by atoms with Crippen molar-refractivity contribution in [3.05, 3.63) is 30.0 Å². The average Bonchev–Trinajstić information content (AvgIpc) is 2.66. The van der Waals surface area contributed by atoms with E-state index in [1.165, 1.54) is 0 Å². The van der Waals surface area contributed by atoms with Crippen LogP contribution in [0.5, 0.6) is 5.75 Å². The number of benzene rings is 1. The van der Waals surface area contributed by atoms with E-state index in [1.807, 2.05) is 24.4 Å². The quantitative estimate of drug-likeness (QED) is 0.781. The Balaban J connectivity index is 2.67. The number of aromatic amines is 1. The number of hydrogen-bond donors (Lipinski definition) is 1. The molecule has 14 heavy (non-hydrogen) atoms. The smallest absolute Gasteiger partial charge is 0.132 e. The van der Waals surface area contributed by atoms with Crippen molar-refractivity contribution in [2.45, 2.75) is 6.42 Å². The molecular formula is C11H10N2O. The number of H-pyrrole nitrogens is 1. The first-order valence-electron chi connectivity index (χ1n) is 4.36. The van der Waals surface area contributed by atoms with E-state index in [0.717, 1.165) is 22.2 Å². The summed E-state index contributed by atoms with van der Waals surface area (Å²) >= 11 is 0. The highest BCUT2D eigenvalue weighted by Gasteiger charge is 2.07. The standard InChI is InChI=1S/C11H10N2O/c1-14-11-8(4-6-12)2-3-10-9(11)5-7-13-10/h2-3,5,7,13H,4H2,1H3. The van der Waals surface area contributed by atoms with Crippen molar-refractivity contribution in [1.29, 1.82) is 5.26 Å². The van der Waals surface area contributed by atoms with Gasteiger partial charge in [0, 0.05) is 22.7 Å². The summed E-state index contributed by atoms with van der Waals surface area (Å²) in [5, 5.41) is 9.68. The second-order valence-electron chi connectivity index (χ2n) is 3.03. The van der Waals surface area contributed by atoms with E-state index in [4.69, 9.17) is 10.00 Å². The molecule has 70 valence electrons. The molecule has 3 heteroatoms. The summed E-state index contributed by atoms with van der Waals surface area (Å²) in [5.74, 6) is 0.797. The predicted octanol–water partition coefficient (Wildman–Crippen LogP) is 2.24. The van der Waals surface area contributed by atoms with E-state index in [9.17, 15) is 0 Å². The molecule has 3 nitrogen and oxygen atoms in total. The monoisotopic (exact) mass is 186 g/mol. The number of nitrogens with one attached hydrogen (secondary N) is 1. The zero-order valence-corrected chi connectivity index (χ0v) is 7.87. The van der Waals surface area contributed by atoms with Crippen LogP contribution in [0.3, 0.4) is 0 Å². The van der Waals surface area contributed by atoms with E-state index in [-0.39, 0.29) is 0 Å². The number of nitrogens with zero attached hydrogens (tertiary/aromatic N) is 1. The highest BCUT2D eigenvalue weighted by molar-refractivity contribution is 5.87. The van der Waals surface area contributed by atoms with Crippen molar-refractivity contribution < 1.29 is 4.74 Å². The first-order valence-corrected chi connectivity index (χ1v) is 4.36. The molecule has 0 spiro atoms. The van der Waals surface area contributed by atoms with Crippen LogP contribution in [-0.2, 0) is 6.42 Å². The van der Waals surface area contributed by atoms with Gasteiger partial charge in [-0.2, -0.15) is 5.26 Å². The fourth-order valence-electron chi connectivity index (χ4n) is 1.62. The molecule has 0 bridgehead atoms. The van der Waals surface area contributed by atoms with Crippen LogP contribution in [0.1, 0.15) is 5.56 Å². The Morgan fingerprint density at radius 1 is 1.43 bits per heavy atom. The zero-order valence-electron chi connectivity index (χ0n) is 7.87. The summed E-state index contributed by atoms with van der Waals surface area (Å²) in [6, 6.07) is 7.96. The number of ether oxygens (including phenoxy) is 1. The lowest BCUT2D eigenvalue weighted by Gasteiger charge is -2.06. The first kappa shape index (κ1) is 8.64. The molecule has 0 aliphatic heterocycles. The van der Waals surface area contributed by atoms with Gasteiger partial charge in [-0.1, -0.05) is 6.07 Å². The summed E-state index contributed by atoms with van der Waals surface area (Å²) in [4.78, 5) is 3.10. The Labute approximate surface area is 81.9 Å². The lowest BCUT2D eigenvalue weighted by Crippen LogP contribution is -1.91. The molecule has 0 saturated carbocycles. The molecular weight excluding hydrogens is 176 g/mol. The summed E-state index contributed by atoms with van der Waals surface area (Å²) < 4.78 is 5.30. The van der Waals surface area contributed by atoms with Gasteiger partial charge in [0.2, 0.25) is 0 Å². The molecule has 0 saturated heterocycles. The lowest BCUT2D eigenvalue weighted by molar-refractivity contribution is 0.416. The van der Waals surface area contributed by atoms with Crippen LogP contribution < -0.4 is 4.74 Å². The van der Waals surface area contributed by atoms with Crippen molar-refractivity contribution in [3.63, 3.8) is 0 Å². The minimum absolute atomic E-state index is 0.379. The van der Waals surface area contributed by atoms with Crippen LogP contribution in [0.25, 0.3) is 10.9 Å². The number of rotatable bonds is 2. The third-order valence-electron chi connectivity index (χ3n) is 2.24. The molecule has 1 aromatic carbocycles. The van der Waals surface area contributed by atoms with Crippen molar-refractivity contribution in [3.8, 4) is 11.8 Å². The maximum atomic E-state index is 8.65. The number of nitriles is 1. The van der Waals surface area contributed by atoms with E-state index in [1.54, 1.807) is 7.11 Å². The molecule has 0 radical (unpaired) electrons. The minimum Gasteiger partial charge on any atom is -0.496 e. The minimum atomic E-state index is 0.379. The van der Waals surface area contributed by atoms with Gasteiger partial charge in [-0.05, 0) is 12.1 Å². The van der Waals surface area contributed by atoms with Crippen LogP contribution in [0.15, 0.2) is 24.4 Å². The fourth-order valence-corrected chi connectivity index (χ4v) is 1.62. The molecule has 0 aliphatic rings. The zero-order chi connectivity index (χ0) is 9.97. The van der Waals surface area contributed by atoms with E-state index in [2.05, 4.69) is 11.1 Å². The third kappa shape index (κ3) is 1.21. The average molecular weight is 186 g/mol. The largest absolute Gasteiger partial charge is 0.496 e. The predicted molar refractivity (Wildman–Crippen MR) is 54.2 cm³/mol. The molecule has 0 atom stereocenters. The Hall–Kier alpha value is -1.95. The van der Waals surface area contributed by atoms with Crippen molar-refractivity contribution in [1.82, 2.24) is 4.98 Å². The SMILES string of the molecule is COc1c(CC#N)ccc2[nH]ccc12. The van der Waals surface area contributed by atoms with E-state index < -0.39 is 0 Å². The third-order valence-corrected chi connectivity index (χ3v) is 2.24. The topological polar surface area (TPSA) is 48.8 Å². The molecule has 0 fully saturated rings. The fraction of sp³-hybridized carbons (Fsp3) is 0.182. The van der Waals surface area contributed by atoms with Crippen molar-refractivity contribution >= 4 is 10.9 Å². The Morgan fingerprint density at radius 3 is 3.00 bits per heavy atom.